The zero-order valence-electron chi connectivity index (χ0n) is 17.6. The van der Waals surface area contributed by atoms with Crippen LogP contribution in [0.4, 0.5) is 4.39 Å². The van der Waals surface area contributed by atoms with Gasteiger partial charge in [-0.25, -0.2) is 4.39 Å². The Hall–Kier alpha value is -2.47. The normalized spacial score (nSPS) is 12.7. The zero-order valence-corrected chi connectivity index (χ0v) is 17.6. The van der Waals surface area contributed by atoms with Crippen molar-refractivity contribution in [3.05, 3.63) is 58.7 Å². The van der Waals surface area contributed by atoms with Crippen LogP contribution in [0.3, 0.4) is 0 Å². The van der Waals surface area contributed by atoms with Gasteiger partial charge in [0.15, 0.2) is 6.54 Å². The summed E-state index contributed by atoms with van der Waals surface area (Å²) < 4.78 is 15.2. The minimum Gasteiger partial charge on any atom is -0.347 e. The summed E-state index contributed by atoms with van der Waals surface area (Å²) in [4.78, 5) is 25.7. The third-order valence-corrected chi connectivity index (χ3v) is 4.57. The third kappa shape index (κ3) is 6.02. The van der Waals surface area contributed by atoms with Crippen molar-refractivity contribution in [3.63, 3.8) is 0 Å². The molecule has 2 aromatic rings. The Morgan fingerprint density at radius 1 is 1.11 bits per heavy atom. The van der Waals surface area contributed by atoms with Crippen molar-refractivity contribution in [2.45, 2.75) is 46.7 Å². The van der Waals surface area contributed by atoms with E-state index in [4.69, 9.17) is 0 Å². The van der Waals surface area contributed by atoms with Crippen LogP contribution < -0.4 is 10.2 Å². The Kier molecular flexibility index (Phi) is 6.77. The maximum Gasteiger partial charge on any atom is 0.275 e. The summed E-state index contributed by atoms with van der Waals surface area (Å²) in [7, 11) is 1.85. The fourth-order valence-electron chi connectivity index (χ4n) is 3.27. The maximum absolute atomic E-state index is 13.1. The quantitative estimate of drug-likeness (QED) is 0.712. The van der Waals surface area contributed by atoms with E-state index in [1.807, 2.05) is 47.7 Å². The predicted molar refractivity (Wildman–Crippen MR) is 108 cm³/mol. The lowest BCUT2D eigenvalue weighted by Crippen LogP contribution is -3.11. The molecule has 0 saturated heterocycles. The highest BCUT2D eigenvalue weighted by Crippen LogP contribution is 2.17. The first-order valence-electron chi connectivity index (χ1n) is 9.53. The number of hydrogen-bond donors (Lipinski definition) is 2. The Balaban J connectivity index is 2.05. The SMILES string of the molecule is Cc1cc(C(=O)C[NH+](C)CC(=O)NC(C)(C)C)c(C)n1Cc1ccc(F)cc1. The largest absolute Gasteiger partial charge is 0.347 e. The number of ketones is 1. The molecule has 0 fully saturated rings. The first kappa shape index (κ1) is 21.8. The second-order valence-electron chi connectivity index (χ2n) is 8.53. The van der Waals surface area contributed by atoms with E-state index in [1.165, 1.54) is 12.1 Å². The molecule has 0 saturated carbocycles. The van der Waals surface area contributed by atoms with Crippen LogP contribution in [0.2, 0.25) is 0 Å². The summed E-state index contributed by atoms with van der Waals surface area (Å²) in [6.07, 6.45) is 0. The molecule has 0 aliphatic carbocycles. The van der Waals surface area contributed by atoms with Crippen molar-refractivity contribution in [2.75, 3.05) is 20.1 Å². The van der Waals surface area contributed by atoms with Gasteiger partial charge in [0, 0.05) is 29.0 Å². The summed E-state index contributed by atoms with van der Waals surface area (Å²) in [6, 6.07) is 8.28. The van der Waals surface area contributed by atoms with Crippen molar-refractivity contribution < 1.29 is 18.9 Å². The van der Waals surface area contributed by atoms with E-state index in [-0.39, 0.29) is 36.1 Å². The highest BCUT2D eigenvalue weighted by Gasteiger charge is 2.22. The monoisotopic (exact) mass is 388 g/mol. The molecule has 0 radical (unpaired) electrons. The minimum absolute atomic E-state index is 0.0134. The summed E-state index contributed by atoms with van der Waals surface area (Å²) in [5.74, 6) is -0.318. The molecule has 1 aromatic carbocycles. The maximum atomic E-state index is 13.1. The van der Waals surface area contributed by atoms with Gasteiger partial charge in [-0.3, -0.25) is 9.59 Å². The highest BCUT2D eigenvalue weighted by atomic mass is 19.1. The van der Waals surface area contributed by atoms with Gasteiger partial charge >= 0.3 is 0 Å². The van der Waals surface area contributed by atoms with E-state index >= 15 is 0 Å². The Labute approximate surface area is 166 Å². The number of amides is 1. The van der Waals surface area contributed by atoms with E-state index in [1.54, 1.807) is 12.1 Å². The summed E-state index contributed by atoms with van der Waals surface area (Å²) in [6.45, 7) is 10.8. The molecule has 0 bridgehead atoms. The second kappa shape index (κ2) is 8.69. The topological polar surface area (TPSA) is 55.5 Å². The van der Waals surface area contributed by atoms with Gasteiger partial charge in [0.1, 0.15) is 12.4 Å². The average molecular weight is 389 g/mol. The molecule has 2 rings (SSSR count). The van der Waals surface area contributed by atoms with Crippen LogP contribution in [-0.4, -0.2) is 41.9 Å². The number of quaternary nitrogens is 1. The number of nitrogens with one attached hydrogen (secondary N) is 2. The lowest BCUT2D eigenvalue weighted by atomic mass is 10.1. The van der Waals surface area contributed by atoms with Crippen LogP contribution in [0.1, 0.15) is 48.1 Å². The molecule has 28 heavy (non-hydrogen) atoms. The molecular formula is C22H31FN3O2+. The molecule has 5 nitrogen and oxygen atoms in total. The van der Waals surface area contributed by atoms with Crippen molar-refractivity contribution in [1.29, 1.82) is 0 Å². The fourth-order valence-corrected chi connectivity index (χ4v) is 3.27. The first-order valence-corrected chi connectivity index (χ1v) is 9.53. The molecule has 0 aliphatic rings. The van der Waals surface area contributed by atoms with Gasteiger partial charge in [0.2, 0.25) is 5.78 Å². The average Bonchev–Trinajstić information content (AvgIpc) is 2.83. The predicted octanol–water partition coefficient (Wildman–Crippen LogP) is 1.90. The van der Waals surface area contributed by atoms with Crippen molar-refractivity contribution in [1.82, 2.24) is 9.88 Å². The van der Waals surface area contributed by atoms with Crippen LogP contribution in [0, 0.1) is 19.7 Å². The standard InChI is InChI=1S/C22H30FN3O2/c1-15-11-19(16(2)26(15)12-17-7-9-18(23)10-8-17)20(27)13-25(6)14-21(28)24-22(3,4)5/h7-11H,12-14H2,1-6H3,(H,24,28)/p+1. The van der Waals surface area contributed by atoms with Gasteiger partial charge in [-0.2, -0.15) is 0 Å². The molecule has 1 aromatic heterocycles. The van der Waals surface area contributed by atoms with E-state index < -0.39 is 0 Å². The van der Waals surface area contributed by atoms with E-state index in [9.17, 15) is 14.0 Å². The fraction of sp³-hybridized carbons (Fsp3) is 0.455. The van der Waals surface area contributed by atoms with Crippen molar-refractivity contribution >= 4 is 11.7 Å². The molecule has 0 aliphatic heterocycles. The molecule has 0 spiro atoms. The number of rotatable bonds is 7. The molecular weight excluding hydrogens is 357 g/mol. The van der Waals surface area contributed by atoms with Crippen molar-refractivity contribution in [2.24, 2.45) is 0 Å². The number of aromatic nitrogens is 1. The number of benzene rings is 1. The zero-order chi connectivity index (χ0) is 21.1. The number of Topliss-reactive ketones (excluding diaryl/α,β-unsaturated/α-hetero) is 1. The lowest BCUT2D eigenvalue weighted by Gasteiger charge is -2.21. The summed E-state index contributed by atoms with van der Waals surface area (Å²) in [5, 5.41) is 2.92. The van der Waals surface area contributed by atoms with Crippen LogP contribution in [0.25, 0.3) is 0 Å². The number of nitrogens with zero attached hydrogens (tertiary/aromatic N) is 1. The molecule has 6 heteroatoms. The van der Waals surface area contributed by atoms with Crippen LogP contribution in [0.15, 0.2) is 30.3 Å². The van der Waals surface area contributed by atoms with Gasteiger partial charge in [-0.05, 0) is 58.4 Å². The molecule has 1 atom stereocenters. The Bertz CT molecular complexity index is 848. The minimum atomic E-state index is -0.285. The second-order valence-corrected chi connectivity index (χ2v) is 8.53. The third-order valence-electron chi connectivity index (χ3n) is 4.57. The molecule has 1 unspecified atom stereocenters. The highest BCUT2D eigenvalue weighted by molar-refractivity contribution is 5.98. The van der Waals surface area contributed by atoms with Gasteiger partial charge < -0.3 is 14.8 Å². The van der Waals surface area contributed by atoms with Gasteiger partial charge in [0.05, 0.1) is 7.05 Å². The molecule has 2 N–H and O–H groups in total. The molecule has 1 heterocycles. The molecule has 152 valence electrons. The number of aryl methyl sites for hydroxylation is 1. The first-order chi connectivity index (χ1) is 13.0. The van der Waals surface area contributed by atoms with Gasteiger partial charge in [-0.1, -0.05) is 12.1 Å². The number of halogens is 1. The van der Waals surface area contributed by atoms with Gasteiger partial charge in [0.25, 0.3) is 5.91 Å². The van der Waals surface area contributed by atoms with E-state index in [2.05, 4.69) is 9.88 Å². The van der Waals surface area contributed by atoms with Crippen molar-refractivity contribution in [3.8, 4) is 0 Å². The van der Waals surface area contributed by atoms with Gasteiger partial charge in [-0.15, -0.1) is 0 Å². The number of likely N-dealkylation sites (N-methyl/N-ethyl adjacent to an activating group) is 1. The number of carbonyl (C=O) groups excluding carboxylic acids is 2. The van der Waals surface area contributed by atoms with E-state index in [0.717, 1.165) is 21.9 Å². The van der Waals surface area contributed by atoms with E-state index in [0.29, 0.717) is 12.1 Å². The lowest BCUT2D eigenvalue weighted by molar-refractivity contribution is -0.862. The number of carbonyl (C=O) groups is 2. The Morgan fingerprint density at radius 3 is 2.29 bits per heavy atom. The van der Waals surface area contributed by atoms with Crippen LogP contribution in [-0.2, 0) is 11.3 Å². The Morgan fingerprint density at radius 2 is 1.71 bits per heavy atom. The summed E-state index contributed by atoms with van der Waals surface area (Å²) in [5.41, 5.74) is 3.23. The summed E-state index contributed by atoms with van der Waals surface area (Å²) >= 11 is 0. The molecule has 1 amide bonds. The van der Waals surface area contributed by atoms with Crippen LogP contribution >= 0.6 is 0 Å². The number of hydrogen-bond acceptors (Lipinski definition) is 2. The smallest absolute Gasteiger partial charge is 0.275 e. The van der Waals surface area contributed by atoms with Crippen LogP contribution in [0.5, 0.6) is 0 Å².